The van der Waals surface area contributed by atoms with Crippen LogP contribution < -0.4 is 10.2 Å². The van der Waals surface area contributed by atoms with Crippen molar-refractivity contribution in [3.8, 4) is 0 Å². The Morgan fingerprint density at radius 2 is 2.11 bits per heavy atom. The van der Waals surface area contributed by atoms with E-state index in [0.717, 1.165) is 39.0 Å². The molecule has 0 unspecified atom stereocenters. The van der Waals surface area contributed by atoms with Crippen LogP contribution in [0.2, 0.25) is 0 Å². The van der Waals surface area contributed by atoms with Crippen LogP contribution in [0.4, 0.5) is 6.01 Å². The largest absolute Gasteiger partial charge is 0.407 e. The Bertz CT molecular complexity index is 350. The SMILES string of the molecule is CCCNCc1nnc(N(C)C2CCOCC2)o1. The normalized spacial score (nSPS) is 17.0. The summed E-state index contributed by atoms with van der Waals surface area (Å²) < 4.78 is 11.0. The van der Waals surface area contributed by atoms with Crippen LogP contribution in [0.1, 0.15) is 32.1 Å². The van der Waals surface area contributed by atoms with Crippen molar-refractivity contribution in [3.63, 3.8) is 0 Å². The van der Waals surface area contributed by atoms with Crippen LogP contribution in [-0.4, -0.2) is 43.0 Å². The summed E-state index contributed by atoms with van der Waals surface area (Å²) in [5.74, 6) is 0.650. The second kappa shape index (κ2) is 6.70. The molecule has 2 rings (SSSR count). The van der Waals surface area contributed by atoms with Crippen LogP contribution in [0.5, 0.6) is 0 Å². The molecule has 2 heterocycles. The van der Waals surface area contributed by atoms with E-state index in [1.807, 2.05) is 7.05 Å². The van der Waals surface area contributed by atoms with Gasteiger partial charge < -0.3 is 19.4 Å². The van der Waals surface area contributed by atoms with Crippen LogP contribution in [0.3, 0.4) is 0 Å². The number of anilines is 1. The van der Waals surface area contributed by atoms with Crippen molar-refractivity contribution in [2.24, 2.45) is 0 Å². The predicted molar refractivity (Wildman–Crippen MR) is 68.5 cm³/mol. The molecule has 1 N–H and O–H groups in total. The van der Waals surface area contributed by atoms with Gasteiger partial charge in [0.2, 0.25) is 5.89 Å². The number of rotatable bonds is 6. The van der Waals surface area contributed by atoms with Crippen molar-refractivity contribution in [1.82, 2.24) is 15.5 Å². The number of hydrogen-bond donors (Lipinski definition) is 1. The van der Waals surface area contributed by atoms with E-state index in [1.165, 1.54) is 0 Å². The molecule has 102 valence electrons. The summed E-state index contributed by atoms with van der Waals surface area (Å²) in [5, 5.41) is 11.4. The third-order valence-corrected chi connectivity index (χ3v) is 3.20. The molecule has 0 aliphatic carbocycles. The average Bonchev–Trinajstić information content (AvgIpc) is 2.88. The fourth-order valence-corrected chi connectivity index (χ4v) is 2.06. The smallest absolute Gasteiger partial charge is 0.318 e. The van der Waals surface area contributed by atoms with Crippen LogP contribution in [0, 0.1) is 0 Å². The maximum atomic E-state index is 5.65. The molecule has 0 amide bonds. The molecule has 6 nitrogen and oxygen atoms in total. The molecule has 1 aromatic heterocycles. The summed E-state index contributed by atoms with van der Waals surface area (Å²) in [6, 6.07) is 1.05. The van der Waals surface area contributed by atoms with Gasteiger partial charge in [-0.25, -0.2) is 0 Å². The highest BCUT2D eigenvalue weighted by molar-refractivity contribution is 5.24. The summed E-state index contributed by atoms with van der Waals surface area (Å²) >= 11 is 0. The highest BCUT2D eigenvalue weighted by atomic mass is 16.5. The van der Waals surface area contributed by atoms with Crippen LogP contribution in [-0.2, 0) is 11.3 Å². The van der Waals surface area contributed by atoms with Gasteiger partial charge in [0.15, 0.2) is 0 Å². The Hall–Kier alpha value is -1.14. The van der Waals surface area contributed by atoms with Crippen LogP contribution in [0.15, 0.2) is 4.42 Å². The number of hydrogen-bond acceptors (Lipinski definition) is 6. The van der Waals surface area contributed by atoms with Gasteiger partial charge in [-0.1, -0.05) is 12.0 Å². The lowest BCUT2D eigenvalue weighted by molar-refractivity contribution is 0.0845. The summed E-state index contributed by atoms with van der Waals surface area (Å²) in [6.07, 6.45) is 3.13. The van der Waals surface area contributed by atoms with E-state index in [-0.39, 0.29) is 0 Å². The molecule has 0 saturated carbocycles. The predicted octanol–water partition coefficient (Wildman–Crippen LogP) is 1.18. The minimum Gasteiger partial charge on any atom is -0.407 e. The van der Waals surface area contributed by atoms with Crippen molar-refractivity contribution in [2.75, 3.05) is 31.7 Å². The third kappa shape index (κ3) is 3.43. The van der Waals surface area contributed by atoms with E-state index < -0.39 is 0 Å². The fraction of sp³-hybridized carbons (Fsp3) is 0.833. The van der Waals surface area contributed by atoms with Gasteiger partial charge in [0.1, 0.15) is 0 Å². The first-order valence-corrected chi connectivity index (χ1v) is 6.65. The lowest BCUT2D eigenvalue weighted by Gasteiger charge is -2.29. The summed E-state index contributed by atoms with van der Waals surface area (Å²) in [4.78, 5) is 2.07. The van der Waals surface area contributed by atoms with Crippen molar-refractivity contribution < 1.29 is 9.15 Å². The number of nitrogens with one attached hydrogen (secondary N) is 1. The zero-order valence-corrected chi connectivity index (χ0v) is 11.2. The zero-order chi connectivity index (χ0) is 12.8. The first kappa shape index (κ1) is 13.3. The Morgan fingerprint density at radius 1 is 1.33 bits per heavy atom. The Balaban J connectivity index is 1.87. The number of ether oxygens (including phenoxy) is 1. The molecule has 1 saturated heterocycles. The molecule has 0 spiro atoms. The van der Waals surface area contributed by atoms with E-state index >= 15 is 0 Å². The molecule has 1 aromatic rings. The monoisotopic (exact) mass is 254 g/mol. The van der Waals surface area contributed by atoms with E-state index in [4.69, 9.17) is 9.15 Å². The number of aromatic nitrogens is 2. The van der Waals surface area contributed by atoms with Gasteiger partial charge in [-0.2, -0.15) is 0 Å². The maximum Gasteiger partial charge on any atom is 0.318 e. The standard InChI is InChI=1S/C12H22N4O2/c1-3-6-13-9-11-14-15-12(18-11)16(2)10-4-7-17-8-5-10/h10,13H,3-9H2,1-2H3. The highest BCUT2D eigenvalue weighted by Gasteiger charge is 2.22. The molecule has 18 heavy (non-hydrogen) atoms. The average molecular weight is 254 g/mol. The van der Waals surface area contributed by atoms with Gasteiger partial charge >= 0.3 is 6.01 Å². The van der Waals surface area contributed by atoms with Crippen molar-refractivity contribution in [1.29, 1.82) is 0 Å². The summed E-state index contributed by atoms with van der Waals surface area (Å²) in [6.45, 7) is 5.36. The minimum atomic E-state index is 0.440. The molecular weight excluding hydrogens is 232 g/mol. The van der Waals surface area contributed by atoms with Gasteiger partial charge in [0, 0.05) is 26.3 Å². The zero-order valence-electron chi connectivity index (χ0n) is 11.2. The second-order valence-corrected chi connectivity index (χ2v) is 4.61. The van der Waals surface area contributed by atoms with Gasteiger partial charge in [-0.05, 0) is 25.8 Å². The lowest BCUT2D eigenvalue weighted by Crippen LogP contribution is -2.36. The maximum absolute atomic E-state index is 5.65. The molecule has 0 atom stereocenters. The molecule has 0 bridgehead atoms. The van der Waals surface area contributed by atoms with Gasteiger partial charge in [0.05, 0.1) is 6.54 Å². The third-order valence-electron chi connectivity index (χ3n) is 3.20. The molecule has 6 heteroatoms. The van der Waals surface area contributed by atoms with E-state index in [9.17, 15) is 0 Å². The molecule has 1 fully saturated rings. The molecule has 0 aromatic carbocycles. The Labute approximate surface area is 108 Å². The van der Waals surface area contributed by atoms with E-state index in [1.54, 1.807) is 0 Å². The quantitative estimate of drug-likeness (QED) is 0.769. The summed E-state index contributed by atoms with van der Waals surface area (Å²) in [7, 11) is 2.01. The Morgan fingerprint density at radius 3 is 2.83 bits per heavy atom. The van der Waals surface area contributed by atoms with E-state index in [2.05, 4.69) is 27.3 Å². The van der Waals surface area contributed by atoms with Crippen molar-refractivity contribution >= 4 is 6.01 Å². The van der Waals surface area contributed by atoms with Gasteiger partial charge in [-0.3, -0.25) is 0 Å². The van der Waals surface area contributed by atoms with Crippen molar-refractivity contribution in [3.05, 3.63) is 5.89 Å². The lowest BCUT2D eigenvalue weighted by atomic mass is 10.1. The fourth-order valence-electron chi connectivity index (χ4n) is 2.06. The first-order chi connectivity index (χ1) is 8.81. The summed E-state index contributed by atoms with van der Waals surface area (Å²) in [5.41, 5.74) is 0. The highest BCUT2D eigenvalue weighted by Crippen LogP contribution is 2.19. The van der Waals surface area contributed by atoms with Gasteiger partial charge in [0.25, 0.3) is 0 Å². The minimum absolute atomic E-state index is 0.440. The van der Waals surface area contributed by atoms with Crippen molar-refractivity contribution in [2.45, 2.75) is 38.8 Å². The molecule has 1 aliphatic rings. The van der Waals surface area contributed by atoms with Crippen LogP contribution in [0.25, 0.3) is 0 Å². The first-order valence-electron chi connectivity index (χ1n) is 6.65. The molecule has 0 radical (unpaired) electrons. The molecular formula is C12H22N4O2. The van der Waals surface area contributed by atoms with Crippen LogP contribution >= 0.6 is 0 Å². The topological polar surface area (TPSA) is 63.4 Å². The van der Waals surface area contributed by atoms with Gasteiger partial charge in [-0.15, -0.1) is 5.10 Å². The number of nitrogens with zero attached hydrogens (tertiary/aromatic N) is 3. The Kier molecular flexibility index (Phi) is 4.95. The molecule has 1 aliphatic heterocycles. The van der Waals surface area contributed by atoms with E-state index in [0.29, 0.717) is 24.5 Å². The second-order valence-electron chi connectivity index (χ2n) is 4.61.